The smallest absolute Gasteiger partial charge is 0.261 e. The lowest BCUT2D eigenvalue weighted by Crippen LogP contribution is -2.13. The molecule has 28 heavy (non-hydrogen) atoms. The van der Waals surface area contributed by atoms with Gasteiger partial charge in [0.05, 0.1) is 16.0 Å². The van der Waals surface area contributed by atoms with Crippen molar-refractivity contribution in [1.29, 1.82) is 0 Å². The van der Waals surface area contributed by atoms with Crippen molar-refractivity contribution in [2.24, 2.45) is 0 Å². The number of hydrogen-bond acceptors (Lipinski definition) is 7. The first-order valence-corrected chi connectivity index (χ1v) is 9.47. The maximum Gasteiger partial charge on any atom is 0.261 e. The third-order valence-electron chi connectivity index (χ3n) is 4.14. The van der Waals surface area contributed by atoms with E-state index >= 15 is 0 Å². The highest BCUT2D eigenvalue weighted by Gasteiger charge is 2.17. The largest absolute Gasteiger partial charge is 0.508 e. The summed E-state index contributed by atoms with van der Waals surface area (Å²) in [5.74, 6) is -0.760. The molecule has 0 amide bonds. The van der Waals surface area contributed by atoms with Crippen molar-refractivity contribution in [2.45, 2.75) is 4.90 Å². The first-order chi connectivity index (χ1) is 13.2. The fourth-order valence-electron chi connectivity index (χ4n) is 2.85. The van der Waals surface area contributed by atoms with Crippen molar-refractivity contribution in [1.82, 2.24) is 0 Å². The van der Waals surface area contributed by atoms with E-state index in [1.54, 1.807) is 0 Å². The number of rotatable bonds is 3. The van der Waals surface area contributed by atoms with Gasteiger partial charge in [-0.1, -0.05) is 0 Å². The van der Waals surface area contributed by atoms with Gasteiger partial charge in [-0.25, -0.2) is 8.42 Å². The molecule has 1 heterocycles. The Bertz CT molecular complexity index is 1390. The van der Waals surface area contributed by atoms with Crippen molar-refractivity contribution >= 4 is 37.6 Å². The summed E-state index contributed by atoms with van der Waals surface area (Å²) in [5, 5.41) is 28.9. The monoisotopic (exact) mass is 399 g/mol. The maximum absolute atomic E-state index is 12.6. The molecule has 4 rings (SSSR count). The maximum atomic E-state index is 12.6. The molecule has 4 N–H and O–H groups in total. The average Bonchev–Trinajstić information content (AvgIpc) is 2.61. The van der Waals surface area contributed by atoms with Crippen LogP contribution in [0.2, 0.25) is 0 Å². The van der Waals surface area contributed by atoms with E-state index in [-0.39, 0.29) is 44.0 Å². The molecular weight excluding hydrogens is 386 g/mol. The molecule has 0 bridgehead atoms. The molecule has 0 saturated heterocycles. The van der Waals surface area contributed by atoms with Gasteiger partial charge in [0.1, 0.15) is 33.8 Å². The van der Waals surface area contributed by atoms with E-state index in [0.717, 1.165) is 6.07 Å². The minimum atomic E-state index is -3.93. The van der Waals surface area contributed by atoms with Gasteiger partial charge in [0.15, 0.2) is 0 Å². The van der Waals surface area contributed by atoms with Gasteiger partial charge in [0, 0.05) is 18.2 Å². The van der Waals surface area contributed by atoms with E-state index in [0.29, 0.717) is 0 Å². The lowest BCUT2D eigenvalue weighted by atomic mass is 10.1. The summed E-state index contributed by atoms with van der Waals surface area (Å²) in [5.41, 5.74) is -0.323. The zero-order chi connectivity index (χ0) is 20.1. The fourth-order valence-corrected chi connectivity index (χ4v) is 3.90. The molecule has 0 atom stereocenters. The standard InChI is InChI=1S/C19H13NO7S/c21-11-2-4-13(5-3-11)28(25,26)20-10-1-6-14-16(7-10)27-17-9-12(22)8-15(23)18(17)19(14)24/h1-9,20-23H. The predicted octanol–water partition coefficient (Wildman–Crippen LogP) is 2.86. The number of aromatic hydroxyl groups is 3. The van der Waals surface area contributed by atoms with Crippen LogP contribution in [0, 0.1) is 0 Å². The molecule has 9 heteroatoms. The molecule has 0 spiro atoms. The van der Waals surface area contributed by atoms with Gasteiger partial charge in [-0.05, 0) is 36.4 Å². The van der Waals surface area contributed by atoms with Gasteiger partial charge in [-0.2, -0.15) is 0 Å². The lowest BCUT2D eigenvalue weighted by molar-refractivity contribution is 0.453. The molecule has 0 aliphatic heterocycles. The van der Waals surface area contributed by atoms with E-state index in [1.807, 2.05) is 0 Å². The van der Waals surface area contributed by atoms with Crippen molar-refractivity contribution in [3.05, 3.63) is 64.8 Å². The van der Waals surface area contributed by atoms with Gasteiger partial charge >= 0.3 is 0 Å². The van der Waals surface area contributed by atoms with Crippen LogP contribution >= 0.6 is 0 Å². The van der Waals surface area contributed by atoms with Crippen molar-refractivity contribution in [3.63, 3.8) is 0 Å². The number of hydrogen-bond donors (Lipinski definition) is 4. The number of phenols is 3. The second kappa shape index (κ2) is 6.17. The average molecular weight is 399 g/mol. The van der Waals surface area contributed by atoms with E-state index in [9.17, 15) is 28.5 Å². The zero-order valence-electron chi connectivity index (χ0n) is 14.1. The summed E-state index contributed by atoms with van der Waals surface area (Å²) >= 11 is 0. The minimum Gasteiger partial charge on any atom is -0.508 e. The van der Waals surface area contributed by atoms with E-state index < -0.39 is 21.2 Å². The second-order valence-electron chi connectivity index (χ2n) is 6.08. The van der Waals surface area contributed by atoms with E-state index in [2.05, 4.69) is 4.72 Å². The molecule has 1 aromatic heterocycles. The highest BCUT2D eigenvalue weighted by atomic mass is 32.2. The molecule has 0 aliphatic carbocycles. The number of sulfonamides is 1. The number of fused-ring (bicyclic) bond motifs is 2. The number of phenolic OH excluding ortho intramolecular Hbond substituents is 3. The van der Waals surface area contributed by atoms with Crippen LogP contribution in [0.5, 0.6) is 17.2 Å². The summed E-state index contributed by atoms with van der Waals surface area (Å²) in [6.07, 6.45) is 0. The Morgan fingerprint density at radius 2 is 1.54 bits per heavy atom. The molecule has 0 aliphatic rings. The highest BCUT2D eigenvalue weighted by Crippen LogP contribution is 2.31. The van der Waals surface area contributed by atoms with Crippen molar-refractivity contribution in [2.75, 3.05) is 4.72 Å². The first kappa shape index (κ1) is 17.7. The quantitative estimate of drug-likeness (QED) is 0.389. The molecule has 0 saturated carbocycles. The van der Waals surface area contributed by atoms with Crippen LogP contribution in [0.15, 0.2) is 68.7 Å². The minimum absolute atomic E-state index is 0.0338. The third kappa shape index (κ3) is 2.97. The van der Waals surface area contributed by atoms with E-state index in [4.69, 9.17) is 4.42 Å². The van der Waals surface area contributed by atoms with Crippen molar-refractivity contribution < 1.29 is 28.2 Å². The van der Waals surface area contributed by atoms with Crippen molar-refractivity contribution in [3.8, 4) is 17.2 Å². The molecule has 142 valence electrons. The molecule has 0 fully saturated rings. The third-order valence-corrected chi connectivity index (χ3v) is 5.54. The first-order valence-electron chi connectivity index (χ1n) is 7.99. The number of anilines is 1. The summed E-state index contributed by atoms with van der Waals surface area (Å²) in [4.78, 5) is 12.6. The molecule has 0 unspecified atom stereocenters. The zero-order valence-corrected chi connectivity index (χ0v) is 14.9. The summed E-state index contributed by atoms with van der Waals surface area (Å²) in [7, 11) is -3.93. The Morgan fingerprint density at radius 3 is 2.25 bits per heavy atom. The Kier molecular flexibility index (Phi) is 3.90. The SMILES string of the molecule is O=c1c2ccc(NS(=O)(=O)c3ccc(O)cc3)cc2oc2cc(O)cc(O)c12. The van der Waals surface area contributed by atoms with Gasteiger partial charge < -0.3 is 19.7 Å². The second-order valence-corrected chi connectivity index (χ2v) is 7.76. The Balaban J connectivity index is 1.82. The van der Waals surface area contributed by atoms with Crippen LogP contribution in [0.25, 0.3) is 21.9 Å². The van der Waals surface area contributed by atoms with Gasteiger partial charge in [0.2, 0.25) is 5.43 Å². The Labute approximate surface area is 158 Å². The Hall–Kier alpha value is -3.72. The summed E-state index contributed by atoms with van der Waals surface area (Å²) < 4.78 is 32.9. The highest BCUT2D eigenvalue weighted by molar-refractivity contribution is 7.92. The molecular formula is C19H13NO7S. The van der Waals surface area contributed by atoms with E-state index in [1.165, 1.54) is 48.5 Å². The van der Waals surface area contributed by atoms with Gasteiger partial charge in [-0.3, -0.25) is 9.52 Å². The molecule has 3 aromatic carbocycles. The topological polar surface area (TPSA) is 137 Å². The number of benzene rings is 3. The van der Waals surface area contributed by atoms with Crippen LogP contribution in [0.3, 0.4) is 0 Å². The van der Waals surface area contributed by atoms with Crippen LogP contribution in [-0.2, 0) is 10.0 Å². The predicted molar refractivity (Wildman–Crippen MR) is 102 cm³/mol. The van der Waals surface area contributed by atoms with Gasteiger partial charge in [0.25, 0.3) is 10.0 Å². The summed E-state index contributed by atoms with van der Waals surface area (Å²) in [6, 6.07) is 11.3. The van der Waals surface area contributed by atoms with Crippen LogP contribution in [0.1, 0.15) is 0 Å². The number of nitrogens with one attached hydrogen (secondary N) is 1. The van der Waals surface area contributed by atoms with Crippen LogP contribution < -0.4 is 10.2 Å². The summed E-state index contributed by atoms with van der Waals surface area (Å²) in [6.45, 7) is 0. The fraction of sp³-hybridized carbons (Fsp3) is 0. The van der Waals surface area contributed by atoms with Crippen LogP contribution in [0.4, 0.5) is 5.69 Å². The van der Waals surface area contributed by atoms with Gasteiger partial charge in [-0.15, -0.1) is 0 Å². The molecule has 4 aromatic rings. The normalized spacial score (nSPS) is 11.7. The molecule has 8 nitrogen and oxygen atoms in total. The van der Waals surface area contributed by atoms with Crippen LogP contribution in [-0.4, -0.2) is 23.7 Å². The lowest BCUT2D eigenvalue weighted by Gasteiger charge is -2.09. The Morgan fingerprint density at radius 1 is 0.821 bits per heavy atom. The molecule has 0 radical (unpaired) electrons.